The Morgan fingerprint density at radius 1 is 1.11 bits per heavy atom. The Labute approximate surface area is 161 Å². The predicted molar refractivity (Wildman–Crippen MR) is 97.4 cm³/mol. The summed E-state index contributed by atoms with van der Waals surface area (Å²) in [4.78, 5) is 40.1. The van der Waals surface area contributed by atoms with Crippen molar-refractivity contribution in [2.24, 2.45) is 0 Å². The minimum absolute atomic E-state index is 0.0343. The van der Waals surface area contributed by atoms with Crippen LogP contribution in [-0.2, 0) is 9.59 Å². The van der Waals surface area contributed by atoms with Gasteiger partial charge in [0.2, 0.25) is 17.7 Å². The predicted octanol–water partition coefficient (Wildman–Crippen LogP) is 2.46. The van der Waals surface area contributed by atoms with Crippen LogP contribution in [0.4, 0.5) is 11.4 Å². The molecule has 0 N–H and O–H groups in total. The van der Waals surface area contributed by atoms with Crippen LogP contribution < -0.4 is 4.90 Å². The Morgan fingerprint density at radius 2 is 1.82 bits per heavy atom. The molecule has 140 valence electrons. The maximum Gasteiger partial charge on any atom is 0.277 e. The first-order valence-electron chi connectivity index (χ1n) is 8.05. The van der Waals surface area contributed by atoms with Crippen LogP contribution >= 0.6 is 11.8 Å². The molecule has 1 fully saturated rings. The zero-order chi connectivity index (χ0) is 19.7. The van der Waals surface area contributed by atoms with Gasteiger partial charge in [-0.25, -0.2) is 4.90 Å². The number of hydrogen-bond donors (Lipinski definition) is 0. The van der Waals surface area contributed by atoms with Crippen molar-refractivity contribution in [2.45, 2.75) is 16.9 Å². The van der Waals surface area contributed by atoms with Gasteiger partial charge in [-0.3, -0.25) is 24.7 Å². The van der Waals surface area contributed by atoms with Crippen molar-refractivity contribution in [3.8, 4) is 11.5 Å². The third kappa shape index (κ3) is 3.34. The van der Waals surface area contributed by atoms with Crippen LogP contribution in [0.15, 0.2) is 58.4 Å². The first-order chi connectivity index (χ1) is 13.5. The Bertz CT molecular complexity index is 1050. The number of nitro groups is 1. The van der Waals surface area contributed by atoms with Crippen molar-refractivity contribution >= 4 is 35.0 Å². The number of nitrogens with zero attached hydrogens (tertiary/aromatic N) is 5. The zero-order valence-electron chi connectivity index (χ0n) is 14.1. The highest BCUT2D eigenvalue weighted by molar-refractivity contribution is 8.00. The molecule has 11 heteroatoms. The Morgan fingerprint density at radius 3 is 2.50 bits per heavy atom. The first kappa shape index (κ1) is 17.8. The lowest BCUT2D eigenvalue weighted by Crippen LogP contribution is -2.31. The van der Waals surface area contributed by atoms with Crippen LogP contribution in [0.1, 0.15) is 6.42 Å². The number of benzene rings is 1. The Kier molecular flexibility index (Phi) is 4.57. The number of amides is 2. The van der Waals surface area contributed by atoms with Crippen molar-refractivity contribution in [3.05, 3.63) is 58.9 Å². The molecule has 0 saturated carbocycles. The fourth-order valence-electron chi connectivity index (χ4n) is 2.68. The summed E-state index contributed by atoms with van der Waals surface area (Å²) in [6, 6.07) is 8.65. The Hall–Kier alpha value is -3.60. The molecule has 3 heterocycles. The van der Waals surface area contributed by atoms with E-state index in [0.717, 1.165) is 16.7 Å². The summed E-state index contributed by atoms with van der Waals surface area (Å²) in [5, 5.41) is 18.1. The van der Waals surface area contributed by atoms with Gasteiger partial charge >= 0.3 is 0 Å². The van der Waals surface area contributed by atoms with E-state index in [1.54, 1.807) is 24.5 Å². The van der Waals surface area contributed by atoms with E-state index in [2.05, 4.69) is 15.2 Å². The lowest BCUT2D eigenvalue weighted by atomic mass is 10.2. The van der Waals surface area contributed by atoms with Crippen LogP contribution in [0.25, 0.3) is 11.5 Å². The zero-order valence-corrected chi connectivity index (χ0v) is 14.9. The number of hydrogen-bond acceptors (Lipinski definition) is 9. The molecule has 1 saturated heterocycles. The summed E-state index contributed by atoms with van der Waals surface area (Å²) in [6.07, 6.45) is 3.15. The molecule has 0 spiro atoms. The topological polar surface area (TPSA) is 132 Å². The van der Waals surface area contributed by atoms with Crippen molar-refractivity contribution in [2.75, 3.05) is 4.90 Å². The van der Waals surface area contributed by atoms with E-state index in [1.807, 2.05) is 0 Å². The van der Waals surface area contributed by atoms with E-state index < -0.39 is 22.0 Å². The van der Waals surface area contributed by atoms with Gasteiger partial charge in [0.25, 0.3) is 10.9 Å². The van der Waals surface area contributed by atoms with Crippen molar-refractivity contribution in [3.63, 3.8) is 0 Å². The van der Waals surface area contributed by atoms with Gasteiger partial charge in [-0.1, -0.05) is 11.8 Å². The summed E-state index contributed by atoms with van der Waals surface area (Å²) < 4.78 is 5.55. The quantitative estimate of drug-likeness (QED) is 0.361. The number of thioether (sulfide) groups is 1. The summed E-state index contributed by atoms with van der Waals surface area (Å²) in [6.45, 7) is 0. The lowest BCUT2D eigenvalue weighted by molar-refractivity contribution is -0.384. The molecule has 1 atom stereocenters. The van der Waals surface area contributed by atoms with E-state index in [9.17, 15) is 19.7 Å². The number of aromatic nitrogens is 3. The minimum Gasteiger partial charge on any atom is -0.411 e. The maximum atomic E-state index is 12.7. The molecule has 0 aliphatic carbocycles. The molecular weight excluding hydrogens is 386 g/mol. The number of pyridine rings is 1. The number of imide groups is 1. The van der Waals surface area contributed by atoms with Crippen LogP contribution in [0.3, 0.4) is 0 Å². The molecular formula is C17H11N5O5S. The van der Waals surface area contributed by atoms with Crippen molar-refractivity contribution in [1.29, 1.82) is 0 Å². The molecule has 1 aliphatic heterocycles. The average molecular weight is 397 g/mol. The van der Waals surface area contributed by atoms with E-state index in [0.29, 0.717) is 5.56 Å². The fraction of sp³-hybridized carbons (Fsp3) is 0.118. The van der Waals surface area contributed by atoms with Crippen molar-refractivity contribution < 1.29 is 18.9 Å². The molecule has 28 heavy (non-hydrogen) atoms. The SMILES string of the molecule is O=C1CC(Sc2nnc(-c3ccncc3)o2)C(=O)N1c1ccc([N+](=O)[O-])cc1. The largest absolute Gasteiger partial charge is 0.411 e. The first-order valence-corrected chi connectivity index (χ1v) is 8.93. The number of rotatable bonds is 5. The second-order valence-corrected chi connectivity index (χ2v) is 6.91. The summed E-state index contributed by atoms with van der Waals surface area (Å²) >= 11 is 1.01. The van der Waals surface area contributed by atoms with Gasteiger partial charge in [0, 0.05) is 36.5 Å². The van der Waals surface area contributed by atoms with Crippen molar-refractivity contribution in [1.82, 2.24) is 15.2 Å². The molecule has 10 nitrogen and oxygen atoms in total. The Balaban J connectivity index is 1.50. The maximum absolute atomic E-state index is 12.7. The molecule has 1 aliphatic rings. The smallest absolute Gasteiger partial charge is 0.277 e. The standard InChI is InChI=1S/C17H11N5O5S/c23-14-9-13(16(24)21(14)11-1-3-12(4-2-11)22(25)26)28-17-20-19-15(27-17)10-5-7-18-8-6-10/h1-8,13H,9H2. The molecule has 4 rings (SSSR count). The van der Waals surface area contributed by atoms with E-state index in [4.69, 9.17) is 4.42 Å². The summed E-state index contributed by atoms with van der Waals surface area (Å²) in [5.41, 5.74) is 0.852. The molecule has 1 aromatic carbocycles. The summed E-state index contributed by atoms with van der Waals surface area (Å²) in [5.74, 6) is -0.549. The van der Waals surface area contributed by atoms with Crippen LogP contribution in [0, 0.1) is 10.1 Å². The average Bonchev–Trinajstić information content (AvgIpc) is 3.27. The number of carbonyl (C=O) groups is 2. The van der Waals surface area contributed by atoms with E-state index >= 15 is 0 Å². The van der Waals surface area contributed by atoms with Gasteiger partial charge in [-0.2, -0.15) is 0 Å². The van der Waals surface area contributed by atoms with Gasteiger partial charge in [0.15, 0.2) is 0 Å². The normalized spacial score (nSPS) is 16.6. The molecule has 0 radical (unpaired) electrons. The highest BCUT2D eigenvalue weighted by atomic mass is 32.2. The number of carbonyl (C=O) groups excluding carboxylic acids is 2. The lowest BCUT2D eigenvalue weighted by Gasteiger charge is -2.14. The van der Waals surface area contributed by atoms with E-state index in [1.165, 1.54) is 24.3 Å². The highest BCUT2D eigenvalue weighted by Crippen LogP contribution is 2.34. The van der Waals surface area contributed by atoms with Gasteiger partial charge in [0.05, 0.1) is 10.6 Å². The summed E-state index contributed by atoms with van der Waals surface area (Å²) in [7, 11) is 0. The molecule has 2 amide bonds. The second kappa shape index (κ2) is 7.19. The molecule has 1 unspecified atom stereocenters. The van der Waals surface area contributed by atoms with Gasteiger partial charge in [-0.15, -0.1) is 10.2 Å². The fourth-order valence-corrected chi connectivity index (χ4v) is 3.57. The second-order valence-electron chi connectivity index (χ2n) is 5.76. The van der Waals surface area contributed by atoms with Gasteiger partial charge < -0.3 is 4.42 Å². The minimum atomic E-state index is -0.714. The monoisotopic (exact) mass is 397 g/mol. The third-order valence-electron chi connectivity index (χ3n) is 4.00. The number of anilines is 1. The molecule has 3 aromatic rings. The third-order valence-corrected chi connectivity index (χ3v) is 5.02. The van der Waals surface area contributed by atoms with Crippen LogP contribution in [0.2, 0.25) is 0 Å². The van der Waals surface area contributed by atoms with Gasteiger partial charge in [-0.05, 0) is 24.3 Å². The van der Waals surface area contributed by atoms with Gasteiger partial charge in [0.1, 0.15) is 5.25 Å². The number of nitro benzene ring substituents is 1. The molecule has 0 bridgehead atoms. The van der Waals surface area contributed by atoms with Crippen LogP contribution in [0.5, 0.6) is 0 Å². The highest BCUT2D eigenvalue weighted by Gasteiger charge is 2.41. The van der Waals surface area contributed by atoms with E-state index in [-0.39, 0.29) is 28.9 Å². The number of non-ortho nitro benzene ring substituents is 1. The van der Waals surface area contributed by atoms with Crippen LogP contribution in [-0.4, -0.2) is 37.2 Å². The molecule has 2 aromatic heterocycles.